The van der Waals surface area contributed by atoms with Crippen LogP contribution in [0.1, 0.15) is 46.0 Å². The van der Waals surface area contributed by atoms with Crippen LogP contribution in [0, 0.1) is 0 Å². The highest BCUT2D eigenvalue weighted by Crippen LogP contribution is 2.16. The summed E-state index contributed by atoms with van der Waals surface area (Å²) >= 11 is 0. The Morgan fingerprint density at radius 1 is 1.42 bits per heavy atom. The average Bonchev–Trinajstić information content (AvgIpc) is 2.39. The van der Waals surface area contributed by atoms with Crippen LogP contribution in [0.2, 0.25) is 0 Å². The normalized spacial score (nSPS) is 20.1. The molecule has 5 heteroatoms. The van der Waals surface area contributed by atoms with Gasteiger partial charge in [0.25, 0.3) is 0 Å². The second kappa shape index (κ2) is 8.51. The van der Waals surface area contributed by atoms with E-state index in [1.807, 2.05) is 6.92 Å². The van der Waals surface area contributed by atoms with Gasteiger partial charge in [-0.1, -0.05) is 6.92 Å². The Hall–Kier alpha value is -0.650. The molecule has 0 spiro atoms. The summed E-state index contributed by atoms with van der Waals surface area (Å²) in [4.78, 5) is 11.2. The Labute approximate surface area is 115 Å². The quantitative estimate of drug-likeness (QED) is 0.627. The van der Waals surface area contributed by atoms with Gasteiger partial charge in [0.2, 0.25) is 0 Å². The van der Waals surface area contributed by atoms with Gasteiger partial charge in [-0.15, -0.1) is 0 Å². The van der Waals surface area contributed by atoms with Crippen LogP contribution in [0.15, 0.2) is 0 Å². The predicted octanol–water partition coefficient (Wildman–Crippen LogP) is 1.81. The zero-order chi connectivity index (χ0) is 14.1. The number of hydrogen-bond acceptors (Lipinski definition) is 4. The lowest BCUT2D eigenvalue weighted by molar-refractivity contribution is -0.144. The van der Waals surface area contributed by atoms with Crippen molar-refractivity contribution in [1.29, 1.82) is 0 Å². The van der Waals surface area contributed by atoms with Crippen molar-refractivity contribution in [3.05, 3.63) is 0 Å². The molecule has 0 aromatic carbocycles. The number of carboxylic acids is 1. The van der Waals surface area contributed by atoms with E-state index < -0.39 is 11.5 Å². The molecule has 0 aromatic rings. The molecule has 1 aliphatic rings. The summed E-state index contributed by atoms with van der Waals surface area (Å²) in [5.74, 6) is -0.778. The summed E-state index contributed by atoms with van der Waals surface area (Å²) in [6, 6.07) is 0. The van der Waals surface area contributed by atoms with E-state index in [0.29, 0.717) is 25.7 Å². The number of likely N-dealkylation sites (N-methyl/N-ethyl adjacent to an activating group) is 1. The van der Waals surface area contributed by atoms with E-state index in [1.54, 1.807) is 6.92 Å². The summed E-state index contributed by atoms with van der Waals surface area (Å²) in [5.41, 5.74) is -0.812. The first kappa shape index (κ1) is 16.4. The van der Waals surface area contributed by atoms with Crippen LogP contribution in [0.5, 0.6) is 0 Å². The Kier molecular flexibility index (Phi) is 7.34. The third kappa shape index (κ3) is 5.89. The number of aliphatic carboxylic acids is 1. The molecule has 2 N–H and O–H groups in total. The monoisotopic (exact) mass is 273 g/mol. The maximum absolute atomic E-state index is 11.2. The number of unbranched alkanes of at least 4 members (excludes halogenated alkanes) is 1. The smallest absolute Gasteiger partial charge is 0.323 e. The number of carbonyl (C=O) groups is 1. The molecule has 1 atom stereocenters. The third-order valence-electron chi connectivity index (χ3n) is 3.63. The molecule has 0 aliphatic carbocycles. The number of carboxylic acid groups (broad SMARTS) is 1. The molecule has 1 rings (SSSR count). The van der Waals surface area contributed by atoms with Crippen molar-refractivity contribution in [3.8, 4) is 0 Å². The van der Waals surface area contributed by atoms with E-state index in [0.717, 1.165) is 38.9 Å². The van der Waals surface area contributed by atoms with E-state index in [2.05, 4.69) is 5.32 Å². The van der Waals surface area contributed by atoms with Gasteiger partial charge in [0.05, 0.1) is 6.10 Å². The van der Waals surface area contributed by atoms with Crippen molar-refractivity contribution in [2.45, 2.75) is 57.6 Å². The van der Waals surface area contributed by atoms with E-state index >= 15 is 0 Å². The molecule has 1 fully saturated rings. The van der Waals surface area contributed by atoms with Crippen LogP contribution in [-0.4, -0.2) is 49.1 Å². The molecule has 1 saturated heterocycles. The molecule has 0 aromatic heterocycles. The second-order valence-corrected chi connectivity index (χ2v) is 5.31. The standard InChI is InChI=1S/C14H27NO4/c1-3-15-14(2,13(16)17)8-4-5-9-19-12-6-10-18-11-7-12/h12,15H,3-11H2,1-2H3,(H,16,17). The van der Waals surface area contributed by atoms with Crippen LogP contribution >= 0.6 is 0 Å². The van der Waals surface area contributed by atoms with Crippen LogP contribution in [0.3, 0.4) is 0 Å². The summed E-state index contributed by atoms with van der Waals surface area (Å²) in [6.45, 7) is 6.64. The zero-order valence-electron chi connectivity index (χ0n) is 12.1. The van der Waals surface area contributed by atoms with Crippen molar-refractivity contribution >= 4 is 5.97 Å². The predicted molar refractivity (Wildman–Crippen MR) is 73.4 cm³/mol. The lowest BCUT2D eigenvalue weighted by atomic mass is 9.95. The van der Waals surface area contributed by atoms with Crippen LogP contribution < -0.4 is 5.32 Å². The highest BCUT2D eigenvalue weighted by Gasteiger charge is 2.31. The summed E-state index contributed by atoms with van der Waals surface area (Å²) in [5, 5.41) is 12.3. The Balaban J connectivity index is 2.12. The van der Waals surface area contributed by atoms with Gasteiger partial charge in [-0.3, -0.25) is 4.79 Å². The first-order valence-corrected chi connectivity index (χ1v) is 7.26. The first-order chi connectivity index (χ1) is 9.08. The van der Waals surface area contributed by atoms with Crippen LogP contribution in [0.4, 0.5) is 0 Å². The molecule has 0 saturated carbocycles. The van der Waals surface area contributed by atoms with Gasteiger partial charge >= 0.3 is 5.97 Å². The number of ether oxygens (including phenoxy) is 2. The lowest BCUT2D eigenvalue weighted by Crippen LogP contribution is -2.49. The minimum atomic E-state index is -0.812. The lowest BCUT2D eigenvalue weighted by Gasteiger charge is -2.26. The van der Waals surface area contributed by atoms with Gasteiger partial charge in [0.1, 0.15) is 5.54 Å². The Morgan fingerprint density at radius 3 is 2.68 bits per heavy atom. The van der Waals surface area contributed by atoms with Crippen molar-refractivity contribution in [1.82, 2.24) is 5.32 Å². The number of nitrogens with one attached hydrogen (secondary N) is 1. The van der Waals surface area contributed by atoms with E-state index in [1.165, 1.54) is 0 Å². The molecule has 0 radical (unpaired) electrons. The topological polar surface area (TPSA) is 67.8 Å². The molecule has 0 amide bonds. The Morgan fingerprint density at radius 2 is 2.11 bits per heavy atom. The number of rotatable bonds is 9. The van der Waals surface area contributed by atoms with Gasteiger partial charge in [-0.2, -0.15) is 0 Å². The van der Waals surface area contributed by atoms with Gasteiger partial charge < -0.3 is 19.9 Å². The van der Waals surface area contributed by atoms with Gasteiger partial charge in [0, 0.05) is 19.8 Å². The van der Waals surface area contributed by atoms with Gasteiger partial charge in [0.15, 0.2) is 0 Å². The summed E-state index contributed by atoms with van der Waals surface area (Å²) in [6.07, 6.45) is 4.68. The maximum Gasteiger partial charge on any atom is 0.323 e. The molecule has 1 heterocycles. The van der Waals surface area contributed by atoms with Crippen molar-refractivity contribution in [2.24, 2.45) is 0 Å². The van der Waals surface area contributed by atoms with Gasteiger partial charge in [-0.05, 0) is 45.6 Å². The van der Waals surface area contributed by atoms with Crippen molar-refractivity contribution < 1.29 is 19.4 Å². The summed E-state index contributed by atoms with van der Waals surface area (Å²) < 4.78 is 11.0. The Bertz CT molecular complexity index is 266. The largest absolute Gasteiger partial charge is 0.480 e. The van der Waals surface area contributed by atoms with E-state index in [-0.39, 0.29) is 0 Å². The second-order valence-electron chi connectivity index (χ2n) is 5.31. The molecule has 112 valence electrons. The molecule has 5 nitrogen and oxygen atoms in total. The van der Waals surface area contributed by atoms with Crippen LogP contribution in [-0.2, 0) is 14.3 Å². The molecular formula is C14H27NO4. The fourth-order valence-electron chi connectivity index (χ4n) is 2.33. The summed E-state index contributed by atoms with van der Waals surface area (Å²) in [7, 11) is 0. The van der Waals surface area contributed by atoms with Crippen molar-refractivity contribution in [2.75, 3.05) is 26.4 Å². The zero-order valence-corrected chi connectivity index (χ0v) is 12.1. The first-order valence-electron chi connectivity index (χ1n) is 7.26. The highest BCUT2D eigenvalue weighted by molar-refractivity contribution is 5.78. The van der Waals surface area contributed by atoms with E-state index in [9.17, 15) is 9.90 Å². The number of hydrogen-bond donors (Lipinski definition) is 2. The maximum atomic E-state index is 11.2. The molecular weight excluding hydrogens is 246 g/mol. The fourth-order valence-corrected chi connectivity index (χ4v) is 2.33. The molecule has 1 aliphatic heterocycles. The SMILES string of the molecule is CCNC(C)(CCCCOC1CCOCC1)C(=O)O. The minimum Gasteiger partial charge on any atom is -0.480 e. The minimum absolute atomic E-state index is 0.327. The van der Waals surface area contributed by atoms with Crippen LogP contribution in [0.25, 0.3) is 0 Å². The highest BCUT2D eigenvalue weighted by atomic mass is 16.5. The van der Waals surface area contributed by atoms with Crippen molar-refractivity contribution in [3.63, 3.8) is 0 Å². The molecule has 1 unspecified atom stereocenters. The fraction of sp³-hybridized carbons (Fsp3) is 0.929. The average molecular weight is 273 g/mol. The van der Waals surface area contributed by atoms with Gasteiger partial charge in [-0.25, -0.2) is 0 Å². The van der Waals surface area contributed by atoms with E-state index in [4.69, 9.17) is 9.47 Å². The third-order valence-corrected chi connectivity index (χ3v) is 3.63. The molecule has 19 heavy (non-hydrogen) atoms. The molecule has 0 bridgehead atoms.